The molecule has 5 heteroatoms. The third-order valence-corrected chi connectivity index (χ3v) is 3.23. The standard InChI is InChI=1S/C14H18N2O3/c1-9-3-2-4-11(5-9)15-16-14(19)10-6-12(17)8-13(18)7-10/h6-9,17-18H,2-5H2,1H3,(H,16,19)/b15-11+/t9-/m1/s1. The summed E-state index contributed by atoms with van der Waals surface area (Å²) in [5, 5.41) is 22.8. The van der Waals surface area contributed by atoms with Crippen LogP contribution in [-0.2, 0) is 0 Å². The van der Waals surface area contributed by atoms with E-state index in [4.69, 9.17) is 0 Å². The molecule has 1 aliphatic rings. The van der Waals surface area contributed by atoms with Crippen molar-refractivity contribution in [2.24, 2.45) is 11.0 Å². The van der Waals surface area contributed by atoms with E-state index in [1.807, 2.05) is 0 Å². The normalized spacial score (nSPS) is 21.3. The number of carbonyl (C=O) groups is 1. The number of rotatable bonds is 2. The van der Waals surface area contributed by atoms with Crippen LogP contribution in [0.3, 0.4) is 0 Å². The predicted molar refractivity (Wildman–Crippen MR) is 72.3 cm³/mol. The van der Waals surface area contributed by atoms with Crippen LogP contribution in [0.5, 0.6) is 11.5 Å². The van der Waals surface area contributed by atoms with Gasteiger partial charge in [0.2, 0.25) is 0 Å². The molecule has 19 heavy (non-hydrogen) atoms. The molecule has 1 aliphatic carbocycles. The van der Waals surface area contributed by atoms with Crippen LogP contribution in [0.1, 0.15) is 43.0 Å². The summed E-state index contributed by atoms with van der Waals surface area (Å²) < 4.78 is 0. The van der Waals surface area contributed by atoms with Crippen molar-refractivity contribution in [2.45, 2.75) is 32.6 Å². The quantitative estimate of drug-likeness (QED) is 0.716. The molecule has 1 fully saturated rings. The number of hydrogen-bond acceptors (Lipinski definition) is 4. The highest BCUT2D eigenvalue weighted by atomic mass is 16.3. The number of aromatic hydroxyl groups is 2. The second-order valence-corrected chi connectivity index (χ2v) is 5.06. The minimum atomic E-state index is -0.433. The number of phenolic OH excluding ortho intramolecular Hbond substituents is 2. The molecule has 0 radical (unpaired) electrons. The maximum atomic E-state index is 11.8. The highest BCUT2D eigenvalue weighted by Crippen LogP contribution is 2.22. The first-order valence-corrected chi connectivity index (χ1v) is 6.43. The molecule has 1 aromatic rings. The number of hydrazone groups is 1. The summed E-state index contributed by atoms with van der Waals surface area (Å²) in [6.07, 6.45) is 4.12. The first-order chi connectivity index (χ1) is 9.04. The summed E-state index contributed by atoms with van der Waals surface area (Å²) in [5.74, 6) is -0.126. The fraction of sp³-hybridized carbons (Fsp3) is 0.429. The summed E-state index contributed by atoms with van der Waals surface area (Å²) in [7, 11) is 0. The molecule has 3 N–H and O–H groups in total. The third-order valence-electron chi connectivity index (χ3n) is 3.23. The average Bonchev–Trinajstić information content (AvgIpc) is 2.35. The smallest absolute Gasteiger partial charge is 0.271 e. The topological polar surface area (TPSA) is 81.9 Å². The lowest BCUT2D eigenvalue weighted by Crippen LogP contribution is -2.22. The Morgan fingerprint density at radius 1 is 1.32 bits per heavy atom. The Morgan fingerprint density at radius 3 is 2.63 bits per heavy atom. The molecule has 0 saturated heterocycles. The predicted octanol–water partition coefficient (Wildman–Crippen LogP) is 2.39. The molecule has 5 nitrogen and oxygen atoms in total. The van der Waals surface area contributed by atoms with E-state index in [2.05, 4.69) is 17.5 Å². The molecule has 1 saturated carbocycles. The van der Waals surface area contributed by atoms with Gasteiger partial charge >= 0.3 is 0 Å². The molecule has 102 valence electrons. The van der Waals surface area contributed by atoms with Crippen LogP contribution in [0.2, 0.25) is 0 Å². The summed E-state index contributed by atoms with van der Waals surface area (Å²) in [5.41, 5.74) is 3.65. The van der Waals surface area contributed by atoms with Gasteiger partial charge in [-0.15, -0.1) is 0 Å². The first kappa shape index (κ1) is 13.4. The number of carbonyl (C=O) groups excluding carboxylic acids is 1. The molecule has 0 aliphatic heterocycles. The molecular weight excluding hydrogens is 244 g/mol. The van der Waals surface area contributed by atoms with Gasteiger partial charge in [0.1, 0.15) is 11.5 Å². The molecule has 1 atom stereocenters. The van der Waals surface area contributed by atoms with Gasteiger partial charge in [0.05, 0.1) is 0 Å². The van der Waals surface area contributed by atoms with Gasteiger partial charge in [0, 0.05) is 17.3 Å². The van der Waals surface area contributed by atoms with E-state index < -0.39 is 5.91 Å². The van der Waals surface area contributed by atoms with Gasteiger partial charge in [-0.25, -0.2) is 5.43 Å². The highest BCUT2D eigenvalue weighted by Gasteiger charge is 2.14. The number of nitrogens with zero attached hydrogens (tertiary/aromatic N) is 1. The summed E-state index contributed by atoms with van der Waals surface area (Å²) in [4.78, 5) is 11.8. The van der Waals surface area contributed by atoms with Crippen molar-refractivity contribution in [3.63, 3.8) is 0 Å². The average molecular weight is 262 g/mol. The Labute approximate surface area is 112 Å². The van der Waals surface area contributed by atoms with E-state index in [-0.39, 0.29) is 17.1 Å². The minimum absolute atomic E-state index is 0.149. The lowest BCUT2D eigenvalue weighted by atomic mass is 9.89. The van der Waals surface area contributed by atoms with E-state index in [0.29, 0.717) is 5.92 Å². The van der Waals surface area contributed by atoms with Gasteiger partial charge in [-0.2, -0.15) is 5.10 Å². The van der Waals surface area contributed by atoms with Gasteiger partial charge in [0.25, 0.3) is 5.91 Å². The number of amides is 1. The van der Waals surface area contributed by atoms with Gasteiger partial charge in [-0.1, -0.05) is 6.92 Å². The lowest BCUT2D eigenvalue weighted by molar-refractivity contribution is 0.0953. The molecule has 0 unspecified atom stereocenters. The summed E-state index contributed by atoms with van der Waals surface area (Å²) in [6.45, 7) is 2.17. The fourth-order valence-electron chi connectivity index (χ4n) is 2.28. The highest BCUT2D eigenvalue weighted by molar-refractivity contribution is 5.96. The van der Waals surface area contributed by atoms with Crippen LogP contribution < -0.4 is 5.43 Å². The molecule has 0 aromatic heterocycles. The zero-order valence-corrected chi connectivity index (χ0v) is 10.9. The third kappa shape index (κ3) is 3.71. The van der Waals surface area contributed by atoms with Crippen molar-refractivity contribution in [3.05, 3.63) is 23.8 Å². The minimum Gasteiger partial charge on any atom is -0.508 e. The van der Waals surface area contributed by atoms with Crippen LogP contribution in [0.15, 0.2) is 23.3 Å². The van der Waals surface area contributed by atoms with Crippen molar-refractivity contribution < 1.29 is 15.0 Å². The second-order valence-electron chi connectivity index (χ2n) is 5.06. The van der Waals surface area contributed by atoms with Gasteiger partial charge in [-0.3, -0.25) is 4.79 Å². The summed E-state index contributed by atoms with van der Waals surface area (Å²) >= 11 is 0. The molecule has 0 bridgehead atoms. The van der Waals surface area contributed by atoms with Gasteiger partial charge in [0.15, 0.2) is 0 Å². The van der Waals surface area contributed by atoms with Crippen molar-refractivity contribution >= 4 is 11.6 Å². The van der Waals surface area contributed by atoms with Gasteiger partial charge in [-0.05, 0) is 43.7 Å². The van der Waals surface area contributed by atoms with Crippen molar-refractivity contribution in [2.75, 3.05) is 0 Å². The summed E-state index contributed by atoms with van der Waals surface area (Å²) in [6, 6.07) is 3.75. The Balaban J connectivity index is 2.02. The largest absolute Gasteiger partial charge is 0.508 e. The molecule has 2 rings (SSSR count). The Morgan fingerprint density at radius 2 is 2.00 bits per heavy atom. The van der Waals surface area contributed by atoms with Crippen LogP contribution in [0, 0.1) is 5.92 Å². The Kier molecular flexibility index (Phi) is 4.04. The van der Waals surface area contributed by atoms with Crippen LogP contribution in [0.25, 0.3) is 0 Å². The molecular formula is C14H18N2O3. The van der Waals surface area contributed by atoms with E-state index >= 15 is 0 Å². The Hall–Kier alpha value is -2.04. The van der Waals surface area contributed by atoms with Crippen LogP contribution in [-0.4, -0.2) is 21.8 Å². The van der Waals surface area contributed by atoms with Crippen molar-refractivity contribution in [3.8, 4) is 11.5 Å². The maximum absolute atomic E-state index is 11.8. The molecule has 1 amide bonds. The molecule has 0 spiro atoms. The van der Waals surface area contributed by atoms with E-state index in [0.717, 1.165) is 25.0 Å². The van der Waals surface area contributed by atoms with Crippen LogP contribution >= 0.6 is 0 Å². The lowest BCUT2D eigenvalue weighted by Gasteiger charge is -2.18. The van der Waals surface area contributed by atoms with Crippen LogP contribution in [0.4, 0.5) is 0 Å². The number of benzene rings is 1. The monoisotopic (exact) mass is 262 g/mol. The molecule has 0 heterocycles. The Bertz CT molecular complexity index is 491. The number of nitrogens with one attached hydrogen (secondary N) is 1. The SMILES string of the molecule is C[C@@H]1CCC/C(=N\NC(=O)c2cc(O)cc(O)c2)C1. The fourth-order valence-corrected chi connectivity index (χ4v) is 2.28. The van der Waals surface area contributed by atoms with Crippen molar-refractivity contribution in [1.82, 2.24) is 5.43 Å². The van der Waals surface area contributed by atoms with Crippen molar-refractivity contribution in [1.29, 1.82) is 0 Å². The van der Waals surface area contributed by atoms with E-state index in [1.54, 1.807) is 0 Å². The first-order valence-electron chi connectivity index (χ1n) is 6.43. The zero-order chi connectivity index (χ0) is 13.8. The second kappa shape index (κ2) is 5.73. The van der Waals surface area contributed by atoms with E-state index in [1.165, 1.54) is 24.6 Å². The number of hydrogen-bond donors (Lipinski definition) is 3. The van der Waals surface area contributed by atoms with E-state index in [9.17, 15) is 15.0 Å². The maximum Gasteiger partial charge on any atom is 0.271 e. The number of phenols is 2. The zero-order valence-electron chi connectivity index (χ0n) is 10.9. The molecule has 1 aromatic carbocycles. The van der Waals surface area contributed by atoms with Gasteiger partial charge < -0.3 is 10.2 Å².